The second-order valence-electron chi connectivity index (χ2n) is 3.30. The zero-order valence-corrected chi connectivity index (χ0v) is 6.93. The van der Waals surface area contributed by atoms with Crippen molar-refractivity contribution in [2.24, 2.45) is 0 Å². The normalized spacial score (nSPS) is 47.2. The van der Waals surface area contributed by atoms with E-state index in [2.05, 4.69) is 0 Å². The van der Waals surface area contributed by atoms with Gasteiger partial charge in [0.25, 0.3) is 0 Å². The summed E-state index contributed by atoms with van der Waals surface area (Å²) in [6.07, 6.45) is -0.637. The van der Waals surface area contributed by atoms with Gasteiger partial charge in [0.1, 0.15) is 11.7 Å². The number of rotatable bonds is 2. The number of aliphatic hydroxyl groups excluding tert-OH is 2. The first-order valence-electron chi connectivity index (χ1n) is 3.97. The van der Waals surface area contributed by atoms with E-state index in [1.807, 2.05) is 0 Å². The molecule has 0 saturated carbocycles. The Kier molecular flexibility index (Phi) is 1.85. The van der Waals surface area contributed by atoms with Crippen LogP contribution in [0.25, 0.3) is 0 Å². The van der Waals surface area contributed by atoms with Crippen LogP contribution in [0.2, 0.25) is 0 Å². The van der Waals surface area contributed by atoms with Crippen LogP contribution in [0.5, 0.6) is 0 Å². The van der Waals surface area contributed by atoms with Crippen molar-refractivity contribution in [2.45, 2.75) is 17.7 Å². The van der Waals surface area contributed by atoms with Crippen LogP contribution < -0.4 is 0 Å². The standard InChI is InChI=1S/C7H13NO4/c1-11-8-3-7(4-9)6(10)5(8)2-12-7/h5-6,9-10H,2-4H2,1H3/t5-,6-,7+/m1/s1. The van der Waals surface area contributed by atoms with Crippen molar-refractivity contribution in [2.75, 3.05) is 26.9 Å². The van der Waals surface area contributed by atoms with Crippen molar-refractivity contribution in [1.82, 2.24) is 5.06 Å². The molecule has 70 valence electrons. The van der Waals surface area contributed by atoms with Crippen molar-refractivity contribution in [3.63, 3.8) is 0 Å². The first-order chi connectivity index (χ1) is 5.73. The smallest absolute Gasteiger partial charge is 0.134 e. The van der Waals surface area contributed by atoms with Crippen molar-refractivity contribution >= 4 is 0 Å². The van der Waals surface area contributed by atoms with Gasteiger partial charge in [-0.25, -0.2) is 0 Å². The van der Waals surface area contributed by atoms with Gasteiger partial charge in [0.15, 0.2) is 0 Å². The van der Waals surface area contributed by atoms with E-state index >= 15 is 0 Å². The molecule has 0 aliphatic carbocycles. The number of fused-ring (bicyclic) bond motifs is 2. The third-order valence-corrected chi connectivity index (χ3v) is 2.74. The molecular weight excluding hydrogens is 162 g/mol. The highest BCUT2D eigenvalue weighted by Crippen LogP contribution is 2.37. The van der Waals surface area contributed by atoms with Crippen LogP contribution in [0.15, 0.2) is 0 Å². The first-order valence-corrected chi connectivity index (χ1v) is 3.97. The number of hydroxylamine groups is 2. The molecule has 0 unspecified atom stereocenters. The molecule has 5 nitrogen and oxygen atoms in total. The van der Waals surface area contributed by atoms with Crippen LogP contribution in [0.1, 0.15) is 0 Å². The summed E-state index contributed by atoms with van der Waals surface area (Å²) < 4.78 is 5.31. The summed E-state index contributed by atoms with van der Waals surface area (Å²) >= 11 is 0. The molecule has 2 bridgehead atoms. The molecular formula is C7H13NO4. The molecule has 0 aromatic carbocycles. The molecule has 5 heteroatoms. The first kappa shape index (κ1) is 8.40. The number of ether oxygens (including phenoxy) is 1. The van der Waals surface area contributed by atoms with Crippen molar-refractivity contribution < 1.29 is 19.8 Å². The van der Waals surface area contributed by atoms with Gasteiger partial charge in [-0.15, -0.1) is 0 Å². The summed E-state index contributed by atoms with van der Waals surface area (Å²) in [5.41, 5.74) is -0.805. The maximum Gasteiger partial charge on any atom is 0.134 e. The van der Waals surface area contributed by atoms with E-state index in [0.717, 1.165) is 0 Å². The number of morpholine rings is 1. The molecule has 2 fully saturated rings. The van der Waals surface area contributed by atoms with Gasteiger partial charge in [-0.1, -0.05) is 0 Å². The average Bonchev–Trinajstić information content (AvgIpc) is 2.58. The summed E-state index contributed by atoms with van der Waals surface area (Å²) in [5.74, 6) is 0. The summed E-state index contributed by atoms with van der Waals surface area (Å²) in [6, 6.07) is -0.123. The minimum absolute atomic E-state index is 0.123. The summed E-state index contributed by atoms with van der Waals surface area (Å²) in [5, 5.41) is 20.4. The Morgan fingerprint density at radius 2 is 2.50 bits per heavy atom. The minimum atomic E-state index is -0.805. The summed E-state index contributed by atoms with van der Waals surface area (Å²) in [4.78, 5) is 5.02. The zero-order chi connectivity index (χ0) is 8.77. The molecule has 0 amide bonds. The van der Waals surface area contributed by atoms with Crippen LogP contribution in [0, 0.1) is 0 Å². The van der Waals surface area contributed by atoms with Crippen LogP contribution in [0.4, 0.5) is 0 Å². The lowest BCUT2D eigenvalue weighted by molar-refractivity contribution is -0.199. The number of nitrogens with zero attached hydrogens (tertiary/aromatic N) is 1. The molecule has 12 heavy (non-hydrogen) atoms. The lowest BCUT2D eigenvalue weighted by Gasteiger charge is -2.29. The van der Waals surface area contributed by atoms with Crippen LogP contribution >= 0.6 is 0 Å². The third-order valence-electron chi connectivity index (χ3n) is 2.74. The average molecular weight is 175 g/mol. The number of hydrogen-bond donors (Lipinski definition) is 2. The molecule has 2 N–H and O–H groups in total. The van der Waals surface area contributed by atoms with E-state index in [0.29, 0.717) is 13.2 Å². The summed E-state index contributed by atoms with van der Waals surface area (Å²) in [7, 11) is 1.55. The molecule has 2 saturated heterocycles. The fourth-order valence-electron chi connectivity index (χ4n) is 1.93. The summed E-state index contributed by atoms with van der Waals surface area (Å²) in [6.45, 7) is 0.700. The highest BCUT2D eigenvalue weighted by atomic mass is 16.7. The van der Waals surface area contributed by atoms with Gasteiger partial charge in [-0.05, 0) is 0 Å². The molecule has 3 atom stereocenters. The third kappa shape index (κ3) is 0.855. The number of aliphatic hydroxyl groups is 2. The molecule has 2 aliphatic heterocycles. The highest BCUT2D eigenvalue weighted by Gasteiger charge is 2.59. The lowest BCUT2D eigenvalue weighted by Crippen LogP contribution is -2.45. The SMILES string of the molecule is CON1C[C@@]2(CO)OC[C@@H]1[C@H]2O. The van der Waals surface area contributed by atoms with E-state index in [9.17, 15) is 5.11 Å². The number of hydrogen-bond acceptors (Lipinski definition) is 5. The molecule has 2 rings (SSSR count). The fourth-order valence-corrected chi connectivity index (χ4v) is 1.93. The van der Waals surface area contributed by atoms with Crippen molar-refractivity contribution in [1.29, 1.82) is 0 Å². The largest absolute Gasteiger partial charge is 0.393 e. The monoisotopic (exact) mass is 175 g/mol. The van der Waals surface area contributed by atoms with Gasteiger partial charge in [-0.2, -0.15) is 5.06 Å². The molecule has 2 heterocycles. The van der Waals surface area contributed by atoms with Gasteiger partial charge < -0.3 is 19.8 Å². The molecule has 2 aliphatic rings. The van der Waals surface area contributed by atoms with Gasteiger partial charge >= 0.3 is 0 Å². The molecule has 0 radical (unpaired) electrons. The van der Waals surface area contributed by atoms with Crippen LogP contribution in [-0.2, 0) is 9.57 Å². The van der Waals surface area contributed by atoms with E-state index < -0.39 is 11.7 Å². The fraction of sp³-hybridized carbons (Fsp3) is 1.00. The van der Waals surface area contributed by atoms with Crippen molar-refractivity contribution in [3.05, 3.63) is 0 Å². The second kappa shape index (κ2) is 2.65. The molecule has 0 aromatic heterocycles. The Bertz CT molecular complexity index is 188. The highest BCUT2D eigenvalue weighted by molar-refractivity contribution is 5.08. The maximum atomic E-state index is 9.67. The van der Waals surface area contributed by atoms with E-state index in [1.54, 1.807) is 12.2 Å². The van der Waals surface area contributed by atoms with Crippen LogP contribution in [-0.4, -0.2) is 59.9 Å². The van der Waals surface area contributed by atoms with Gasteiger partial charge in [0.05, 0.1) is 32.9 Å². The van der Waals surface area contributed by atoms with Crippen molar-refractivity contribution in [3.8, 4) is 0 Å². The molecule has 0 spiro atoms. The second-order valence-corrected chi connectivity index (χ2v) is 3.30. The van der Waals surface area contributed by atoms with Gasteiger partial charge in [0.2, 0.25) is 0 Å². The topological polar surface area (TPSA) is 62.2 Å². The van der Waals surface area contributed by atoms with Crippen LogP contribution in [0.3, 0.4) is 0 Å². The van der Waals surface area contributed by atoms with E-state index in [-0.39, 0.29) is 12.6 Å². The van der Waals surface area contributed by atoms with E-state index in [1.165, 1.54) is 0 Å². The Labute approximate surface area is 70.4 Å². The molecule has 0 aromatic rings. The Balaban J connectivity index is 2.18. The van der Waals surface area contributed by atoms with Gasteiger partial charge in [0, 0.05) is 0 Å². The zero-order valence-electron chi connectivity index (χ0n) is 6.93. The van der Waals surface area contributed by atoms with E-state index in [4.69, 9.17) is 14.7 Å². The minimum Gasteiger partial charge on any atom is -0.393 e. The predicted molar refractivity (Wildman–Crippen MR) is 39.3 cm³/mol. The predicted octanol–water partition coefficient (Wildman–Crippen LogP) is -1.65. The quantitative estimate of drug-likeness (QED) is 0.526. The Morgan fingerprint density at radius 1 is 1.75 bits per heavy atom. The Morgan fingerprint density at radius 3 is 2.92 bits per heavy atom. The van der Waals surface area contributed by atoms with Gasteiger partial charge in [-0.3, -0.25) is 0 Å². The lowest BCUT2D eigenvalue weighted by atomic mass is 10.0. The maximum absolute atomic E-state index is 9.67. The Hall–Kier alpha value is -0.200.